The molecule has 0 amide bonds. The highest BCUT2D eigenvalue weighted by Crippen LogP contribution is 2.39. The Bertz CT molecular complexity index is 1300. The molecule has 170 valence electrons. The van der Waals surface area contributed by atoms with Crippen LogP contribution in [0, 0.1) is 0 Å². The fourth-order valence-electron chi connectivity index (χ4n) is 4.02. The minimum Gasteiger partial charge on any atom is -0.489 e. The maximum atomic E-state index is 13.2. The summed E-state index contributed by atoms with van der Waals surface area (Å²) in [6, 6.07) is 26.9. The van der Waals surface area contributed by atoms with Crippen molar-refractivity contribution >= 4 is 17.6 Å². The van der Waals surface area contributed by atoms with Gasteiger partial charge >= 0.3 is 5.97 Å². The Morgan fingerprint density at radius 2 is 1.68 bits per heavy atom. The third-order valence-corrected chi connectivity index (χ3v) is 5.60. The molecule has 5 rings (SSSR count). The largest absolute Gasteiger partial charge is 0.489 e. The van der Waals surface area contributed by atoms with Crippen molar-refractivity contribution in [3.63, 3.8) is 0 Å². The zero-order valence-corrected chi connectivity index (χ0v) is 18.7. The number of carbonyl (C=O) groups is 1. The van der Waals surface area contributed by atoms with Gasteiger partial charge in [0.2, 0.25) is 5.95 Å². The van der Waals surface area contributed by atoms with Crippen LogP contribution in [0.15, 0.2) is 96.8 Å². The molecule has 3 aromatic carbocycles. The Hall–Kier alpha value is -4.39. The standard InChI is InChI=1S/C27H24N4O3/c1-2-33-26(32)23-24(20-11-7-4-8-12-20)30-27-28-18-29-31(27)25(23)21-13-15-22(16-14-21)34-17-19-9-5-3-6-10-19/h3-16,18,25H,2,17H2,1H3,(H,28,29,30). The molecule has 7 heteroatoms. The van der Waals surface area contributed by atoms with Gasteiger partial charge in [0.1, 0.15) is 24.7 Å². The lowest BCUT2D eigenvalue weighted by molar-refractivity contribution is -0.138. The normalized spacial score (nSPS) is 14.8. The van der Waals surface area contributed by atoms with E-state index in [1.165, 1.54) is 6.33 Å². The summed E-state index contributed by atoms with van der Waals surface area (Å²) in [5, 5.41) is 7.68. The maximum absolute atomic E-state index is 13.2. The van der Waals surface area contributed by atoms with Crippen LogP contribution in [0.5, 0.6) is 5.75 Å². The first-order chi connectivity index (χ1) is 16.7. The fraction of sp³-hybridized carbons (Fsp3) is 0.148. The van der Waals surface area contributed by atoms with Crippen LogP contribution in [0.4, 0.5) is 5.95 Å². The van der Waals surface area contributed by atoms with Crippen LogP contribution >= 0.6 is 0 Å². The van der Waals surface area contributed by atoms with Crippen LogP contribution in [0.2, 0.25) is 0 Å². The van der Waals surface area contributed by atoms with E-state index >= 15 is 0 Å². The number of aromatic nitrogens is 3. The lowest BCUT2D eigenvalue weighted by Gasteiger charge is -2.29. The van der Waals surface area contributed by atoms with E-state index in [9.17, 15) is 4.79 Å². The van der Waals surface area contributed by atoms with Crippen LogP contribution in [-0.4, -0.2) is 27.3 Å². The summed E-state index contributed by atoms with van der Waals surface area (Å²) in [7, 11) is 0. The summed E-state index contributed by atoms with van der Waals surface area (Å²) in [5.41, 5.74) is 3.97. The number of hydrogen-bond acceptors (Lipinski definition) is 6. The highest BCUT2D eigenvalue weighted by molar-refractivity contribution is 6.02. The third-order valence-electron chi connectivity index (χ3n) is 5.60. The molecule has 1 unspecified atom stereocenters. The molecule has 0 radical (unpaired) electrons. The van der Waals surface area contributed by atoms with E-state index < -0.39 is 12.0 Å². The molecular weight excluding hydrogens is 428 g/mol. The van der Waals surface area contributed by atoms with Crippen LogP contribution in [0.3, 0.4) is 0 Å². The van der Waals surface area contributed by atoms with E-state index in [-0.39, 0.29) is 6.61 Å². The summed E-state index contributed by atoms with van der Waals surface area (Å²) in [6.07, 6.45) is 1.48. The predicted molar refractivity (Wildman–Crippen MR) is 129 cm³/mol. The Morgan fingerprint density at radius 3 is 2.38 bits per heavy atom. The molecule has 0 aliphatic carbocycles. The lowest BCUT2D eigenvalue weighted by atomic mass is 9.93. The maximum Gasteiger partial charge on any atom is 0.338 e. The van der Waals surface area contributed by atoms with E-state index in [0.29, 0.717) is 23.8 Å². The molecule has 0 spiro atoms. The lowest BCUT2D eigenvalue weighted by Crippen LogP contribution is -2.30. The average Bonchev–Trinajstić information content (AvgIpc) is 3.36. The molecule has 1 aliphatic heterocycles. The molecule has 1 N–H and O–H groups in total. The molecule has 1 aromatic heterocycles. The Morgan fingerprint density at radius 1 is 0.971 bits per heavy atom. The number of carbonyl (C=O) groups excluding carboxylic acids is 1. The monoisotopic (exact) mass is 452 g/mol. The zero-order chi connectivity index (χ0) is 23.3. The topological polar surface area (TPSA) is 78.3 Å². The molecule has 0 fully saturated rings. The van der Waals surface area contributed by atoms with Gasteiger partial charge in [-0.15, -0.1) is 0 Å². The van der Waals surface area contributed by atoms with Crippen LogP contribution in [-0.2, 0) is 16.1 Å². The van der Waals surface area contributed by atoms with Crippen molar-refractivity contribution in [1.82, 2.24) is 14.8 Å². The molecule has 0 saturated carbocycles. The number of ether oxygens (including phenoxy) is 2. The average molecular weight is 453 g/mol. The van der Waals surface area contributed by atoms with E-state index in [0.717, 1.165) is 22.4 Å². The number of nitrogens with one attached hydrogen (secondary N) is 1. The number of benzene rings is 3. The van der Waals surface area contributed by atoms with Gasteiger partial charge in [-0.25, -0.2) is 9.48 Å². The third kappa shape index (κ3) is 4.28. The summed E-state index contributed by atoms with van der Waals surface area (Å²) in [6.45, 7) is 2.55. The van der Waals surface area contributed by atoms with E-state index in [1.54, 1.807) is 11.6 Å². The van der Waals surface area contributed by atoms with Gasteiger partial charge in [-0.05, 0) is 35.7 Å². The van der Waals surface area contributed by atoms with Crippen LogP contribution < -0.4 is 10.1 Å². The van der Waals surface area contributed by atoms with Gasteiger partial charge in [0.25, 0.3) is 0 Å². The Kier molecular flexibility index (Phi) is 6.07. The molecule has 2 heterocycles. The van der Waals surface area contributed by atoms with Gasteiger partial charge < -0.3 is 14.8 Å². The van der Waals surface area contributed by atoms with Gasteiger partial charge in [-0.1, -0.05) is 72.8 Å². The van der Waals surface area contributed by atoms with Crippen LogP contribution in [0.25, 0.3) is 5.70 Å². The highest BCUT2D eigenvalue weighted by atomic mass is 16.5. The van der Waals surface area contributed by atoms with Crippen molar-refractivity contribution in [2.24, 2.45) is 0 Å². The first-order valence-corrected chi connectivity index (χ1v) is 11.1. The van der Waals surface area contributed by atoms with Crippen molar-refractivity contribution in [3.8, 4) is 5.75 Å². The minimum absolute atomic E-state index is 0.271. The second-order valence-corrected chi connectivity index (χ2v) is 7.77. The molecule has 7 nitrogen and oxygen atoms in total. The molecule has 34 heavy (non-hydrogen) atoms. The molecule has 4 aromatic rings. The van der Waals surface area contributed by atoms with E-state index in [1.807, 2.05) is 84.9 Å². The number of esters is 1. The molecule has 0 saturated heterocycles. The van der Waals surface area contributed by atoms with Gasteiger partial charge in [0.05, 0.1) is 17.9 Å². The number of hydrogen-bond donors (Lipinski definition) is 1. The first-order valence-electron chi connectivity index (χ1n) is 11.1. The summed E-state index contributed by atoms with van der Waals surface area (Å²) >= 11 is 0. The van der Waals surface area contributed by atoms with Gasteiger partial charge in [0.15, 0.2) is 0 Å². The fourth-order valence-corrected chi connectivity index (χ4v) is 4.02. The van der Waals surface area contributed by atoms with Gasteiger partial charge in [-0.2, -0.15) is 10.1 Å². The number of nitrogens with zero attached hydrogens (tertiary/aromatic N) is 3. The number of anilines is 1. The second-order valence-electron chi connectivity index (χ2n) is 7.77. The van der Waals surface area contributed by atoms with Gasteiger partial charge in [0, 0.05) is 0 Å². The Labute approximate surface area is 197 Å². The van der Waals surface area contributed by atoms with E-state index in [2.05, 4.69) is 15.4 Å². The number of fused-ring (bicyclic) bond motifs is 1. The number of rotatable bonds is 7. The molecule has 1 atom stereocenters. The SMILES string of the molecule is CCOC(=O)C1=C(c2ccccc2)Nc2ncnn2C1c1ccc(OCc2ccccc2)cc1. The second kappa shape index (κ2) is 9.62. The minimum atomic E-state index is -0.504. The molecular formula is C27H24N4O3. The smallest absolute Gasteiger partial charge is 0.338 e. The molecule has 1 aliphatic rings. The summed E-state index contributed by atoms with van der Waals surface area (Å²) in [4.78, 5) is 17.6. The first kappa shape index (κ1) is 21.5. The predicted octanol–water partition coefficient (Wildman–Crippen LogP) is 4.85. The quantitative estimate of drug-likeness (QED) is 0.404. The summed E-state index contributed by atoms with van der Waals surface area (Å²) in [5.74, 6) is 0.899. The van der Waals surface area contributed by atoms with Crippen molar-refractivity contribution in [2.45, 2.75) is 19.6 Å². The van der Waals surface area contributed by atoms with Crippen molar-refractivity contribution < 1.29 is 14.3 Å². The van der Waals surface area contributed by atoms with Gasteiger partial charge in [-0.3, -0.25) is 0 Å². The highest BCUT2D eigenvalue weighted by Gasteiger charge is 2.36. The summed E-state index contributed by atoms with van der Waals surface area (Å²) < 4.78 is 13.1. The van der Waals surface area contributed by atoms with E-state index in [4.69, 9.17) is 9.47 Å². The molecule has 0 bridgehead atoms. The van der Waals surface area contributed by atoms with Crippen molar-refractivity contribution in [3.05, 3.63) is 114 Å². The van der Waals surface area contributed by atoms with Crippen molar-refractivity contribution in [1.29, 1.82) is 0 Å². The zero-order valence-electron chi connectivity index (χ0n) is 18.7. The Balaban J connectivity index is 1.52. The van der Waals surface area contributed by atoms with Crippen LogP contribution in [0.1, 0.15) is 29.7 Å². The van der Waals surface area contributed by atoms with Crippen molar-refractivity contribution in [2.75, 3.05) is 11.9 Å².